The van der Waals surface area contributed by atoms with E-state index in [2.05, 4.69) is 197 Å². The molecule has 0 unspecified atom stereocenters. The fraction of sp³-hybridized carbons (Fsp3) is 0.182. The van der Waals surface area contributed by atoms with Crippen molar-refractivity contribution in [2.75, 3.05) is 4.90 Å². The Morgan fingerprint density at radius 2 is 0.891 bits per heavy atom. The molecule has 228 valence electrons. The Balaban J connectivity index is 1.30. The van der Waals surface area contributed by atoms with E-state index >= 15 is 0 Å². The van der Waals surface area contributed by atoms with Crippen LogP contribution in [0.5, 0.6) is 0 Å². The average Bonchev–Trinajstić information content (AvgIpc) is 3.39. The summed E-state index contributed by atoms with van der Waals surface area (Å²) in [5.74, 6) is 0. The molecule has 0 radical (unpaired) electrons. The molecule has 0 N–H and O–H groups in total. The van der Waals surface area contributed by atoms with Crippen LogP contribution in [-0.2, 0) is 10.8 Å². The van der Waals surface area contributed by atoms with Crippen LogP contribution in [0, 0.1) is 0 Å². The first-order chi connectivity index (χ1) is 22.1. The minimum absolute atomic E-state index is 0.112. The number of anilines is 3. The number of nitrogens with zero attached hydrogens (tertiary/aromatic N) is 2. The van der Waals surface area contributed by atoms with Gasteiger partial charge in [-0.15, -0.1) is 0 Å². The highest BCUT2D eigenvalue weighted by molar-refractivity contribution is 6.10. The van der Waals surface area contributed by atoms with Gasteiger partial charge in [-0.1, -0.05) is 126 Å². The maximum absolute atomic E-state index is 2.41. The van der Waals surface area contributed by atoms with Crippen LogP contribution in [0.15, 0.2) is 146 Å². The van der Waals surface area contributed by atoms with E-state index < -0.39 is 0 Å². The van der Waals surface area contributed by atoms with E-state index in [-0.39, 0.29) is 10.8 Å². The molecule has 7 rings (SSSR count). The minimum atomic E-state index is 0.112. The molecule has 0 bridgehead atoms. The summed E-state index contributed by atoms with van der Waals surface area (Å²) < 4.78 is 2.41. The SMILES string of the molecule is CC(C)(C)c1ccc(N(c2ccccc2)c2ccc(-c3ccc4c5ccccc5n(-c5ccc(C(C)(C)C)cc5)c4c3)cc2)cc1. The predicted octanol–water partition coefficient (Wildman–Crippen LogP) is 12.5. The van der Waals surface area contributed by atoms with Crippen LogP contribution in [0.1, 0.15) is 52.7 Å². The zero-order valence-electron chi connectivity index (χ0n) is 27.8. The molecule has 1 heterocycles. The summed E-state index contributed by atoms with van der Waals surface area (Å²) in [6.45, 7) is 13.6. The van der Waals surface area contributed by atoms with Gasteiger partial charge in [0.05, 0.1) is 11.0 Å². The van der Waals surface area contributed by atoms with Crippen molar-refractivity contribution in [3.63, 3.8) is 0 Å². The van der Waals surface area contributed by atoms with Crippen molar-refractivity contribution in [1.29, 1.82) is 0 Å². The molecule has 0 fully saturated rings. The van der Waals surface area contributed by atoms with E-state index in [1.165, 1.54) is 49.7 Å². The first kappa shape index (κ1) is 29.6. The highest BCUT2D eigenvalue weighted by Crippen LogP contribution is 2.39. The fourth-order valence-corrected chi connectivity index (χ4v) is 6.48. The van der Waals surface area contributed by atoms with Gasteiger partial charge >= 0.3 is 0 Å². The van der Waals surface area contributed by atoms with Gasteiger partial charge in [-0.3, -0.25) is 0 Å². The maximum atomic E-state index is 2.41. The largest absolute Gasteiger partial charge is 0.311 e. The van der Waals surface area contributed by atoms with E-state index in [1.807, 2.05) is 0 Å². The van der Waals surface area contributed by atoms with Gasteiger partial charge in [0, 0.05) is 33.5 Å². The van der Waals surface area contributed by atoms with Crippen LogP contribution in [0.25, 0.3) is 38.6 Å². The Bertz CT molecular complexity index is 2120. The first-order valence-corrected chi connectivity index (χ1v) is 16.3. The van der Waals surface area contributed by atoms with Gasteiger partial charge in [-0.25, -0.2) is 0 Å². The molecular formula is C44H42N2. The number of hydrogen-bond donors (Lipinski definition) is 0. The summed E-state index contributed by atoms with van der Waals surface area (Å²) in [5.41, 5.74) is 12.3. The summed E-state index contributed by atoms with van der Waals surface area (Å²) in [6.07, 6.45) is 0. The third-order valence-electron chi connectivity index (χ3n) is 9.13. The highest BCUT2D eigenvalue weighted by Gasteiger charge is 2.18. The molecule has 46 heavy (non-hydrogen) atoms. The Kier molecular flexibility index (Phi) is 7.32. The Morgan fingerprint density at radius 3 is 1.50 bits per heavy atom. The van der Waals surface area contributed by atoms with Crippen molar-refractivity contribution in [3.8, 4) is 16.8 Å². The summed E-state index contributed by atoms with van der Waals surface area (Å²) >= 11 is 0. The van der Waals surface area contributed by atoms with E-state index in [0.29, 0.717) is 0 Å². The Hall–Kier alpha value is -5.08. The molecule has 0 saturated heterocycles. The van der Waals surface area contributed by atoms with Gasteiger partial charge in [0.15, 0.2) is 0 Å². The third-order valence-corrected chi connectivity index (χ3v) is 9.13. The van der Waals surface area contributed by atoms with E-state index in [4.69, 9.17) is 0 Å². The topological polar surface area (TPSA) is 8.17 Å². The Labute approximate surface area is 273 Å². The lowest BCUT2D eigenvalue weighted by atomic mass is 9.87. The molecule has 1 aromatic heterocycles. The zero-order chi connectivity index (χ0) is 32.1. The predicted molar refractivity (Wildman–Crippen MR) is 198 cm³/mol. The molecule has 0 aliphatic rings. The lowest BCUT2D eigenvalue weighted by Gasteiger charge is -2.27. The number of rotatable bonds is 5. The number of aromatic nitrogens is 1. The van der Waals surface area contributed by atoms with Crippen molar-refractivity contribution in [2.24, 2.45) is 0 Å². The van der Waals surface area contributed by atoms with Crippen LogP contribution in [0.4, 0.5) is 17.1 Å². The summed E-state index contributed by atoms with van der Waals surface area (Å²) in [5, 5.41) is 2.54. The lowest BCUT2D eigenvalue weighted by molar-refractivity contribution is 0.590. The summed E-state index contributed by atoms with van der Waals surface area (Å²) in [4.78, 5) is 2.33. The quantitative estimate of drug-likeness (QED) is 0.191. The van der Waals surface area contributed by atoms with Crippen LogP contribution < -0.4 is 4.90 Å². The normalized spacial score (nSPS) is 12.1. The second-order valence-corrected chi connectivity index (χ2v) is 14.4. The first-order valence-electron chi connectivity index (χ1n) is 16.3. The van der Waals surface area contributed by atoms with Gasteiger partial charge in [0.2, 0.25) is 0 Å². The molecule has 0 aliphatic heterocycles. The number of benzene rings is 6. The zero-order valence-corrected chi connectivity index (χ0v) is 27.8. The smallest absolute Gasteiger partial charge is 0.0547 e. The van der Waals surface area contributed by atoms with Gasteiger partial charge < -0.3 is 9.47 Å². The van der Waals surface area contributed by atoms with Crippen LogP contribution in [0.2, 0.25) is 0 Å². The highest BCUT2D eigenvalue weighted by atomic mass is 15.1. The van der Waals surface area contributed by atoms with Crippen molar-refractivity contribution in [1.82, 2.24) is 4.57 Å². The molecule has 0 atom stereocenters. The molecule has 2 heteroatoms. The van der Waals surface area contributed by atoms with Gasteiger partial charge in [-0.2, -0.15) is 0 Å². The van der Waals surface area contributed by atoms with E-state index in [9.17, 15) is 0 Å². The number of fused-ring (bicyclic) bond motifs is 3. The third kappa shape index (κ3) is 5.49. The molecule has 0 aliphatic carbocycles. The summed E-state index contributed by atoms with van der Waals surface area (Å²) in [7, 11) is 0. The van der Waals surface area contributed by atoms with Gasteiger partial charge in [-0.05, 0) is 93.7 Å². The lowest BCUT2D eigenvalue weighted by Crippen LogP contribution is -2.13. The molecule has 2 nitrogen and oxygen atoms in total. The molecular weight excluding hydrogens is 556 g/mol. The fourth-order valence-electron chi connectivity index (χ4n) is 6.48. The number of hydrogen-bond acceptors (Lipinski definition) is 1. The monoisotopic (exact) mass is 598 g/mol. The van der Waals surface area contributed by atoms with E-state index in [0.717, 1.165) is 17.1 Å². The van der Waals surface area contributed by atoms with Crippen molar-refractivity contribution >= 4 is 38.9 Å². The summed E-state index contributed by atoms with van der Waals surface area (Å²) in [6, 6.07) is 53.3. The standard InChI is InChI=1S/C44H42N2/c1-43(2,3)33-19-25-37(26-20-33)45(35-12-8-7-9-13-35)36-23-16-31(17-24-36)32-18-29-40-39-14-10-11-15-41(39)46(42(40)30-32)38-27-21-34(22-28-38)44(4,5)6/h7-30H,1-6H3. The number of para-hydroxylation sites is 2. The van der Waals surface area contributed by atoms with Crippen molar-refractivity contribution in [3.05, 3.63) is 157 Å². The average molecular weight is 599 g/mol. The maximum Gasteiger partial charge on any atom is 0.0547 e. The Morgan fingerprint density at radius 1 is 0.413 bits per heavy atom. The second kappa shape index (κ2) is 11.4. The van der Waals surface area contributed by atoms with E-state index in [1.54, 1.807) is 0 Å². The van der Waals surface area contributed by atoms with Gasteiger partial charge in [0.1, 0.15) is 0 Å². The van der Waals surface area contributed by atoms with Crippen molar-refractivity contribution < 1.29 is 0 Å². The molecule has 0 saturated carbocycles. The molecule has 7 aromatic rings. The molecule has 0 amide bonds. The van der Waals surface area contributed by atoms with Crippen LogP contribution >= 0.6 is 0 Å². The second-order valence-electron chi connectivity index (χ2n) is 14.4. The van der Waals surface area contributed by atoms with Crippen LogP contribution in [-0.4, -0.2) is 4.57 Å². The van der Waals surface area contributed by atoms with Crippen LogP contribution in [0.3, 0.4) is 0 Å². The molecule has 0 spiro atoms. The van der Waals surface area contributed by atoms with Gasteiger partial charge in [0.25, 0.3) is 0 Å². The molecule has 6 aromatic carbocycles. The van der Waals surface area contributed by atoms with Crippen molar-refractivity contribution in [2.45, 2.75) is 52.4 Å². The minimum Gasteiger partial charge on any atom is -0.311 e.